The van der Waals surface area contributed by atoms with Crippen molar-refractivity contribution in [1.29, 1.82) is 0 Å². The highest BCUT2D eigenvalue weighted by Crippen LogP contribution is 2.31. The van der Waals surface area contributed by atoms with Gasteiger partial charge in [-0.2, -0.15) is 12.6 Å². The lowest BCUT2D eigenvalue weighted by Crippen LogP contribution is -2.49. The van der Waals surface area contributed by atoms with Crippen molar-refractivity contribution in [3.05, 3.63) is 35.9 Å². The van der Waals surface area contributed by atoms with Crippen molar-refractivity contribution in [1.82, 2.24) is 4.90 Å². The molecule has 1 aromatic carbocycles. The van der Waals surface area contributed by atoms with E-state index in [0.29, 0.717) is 12.8 Å². The number of hydrogen-bond donors (Lipinski definition) is 2. The van der Waals surface area contributed by atoms with Crippen LogP contribution in [0.1, 0.15) is 45.1 Å². The molecule has 1 amide bonds. The van der Waals surface area contributed by atoms with Crippen LogP contribution in [-0.4, -0.2) is 39.2 Å². The molecule has 0 radical (unpaired) electrons. The van der Waals surface area contributed by atoms with Crippen molar-refractivity contribution in [2.75, 3.05) is 6.73 Å². The summed E-state index contributed by atoms with van der Waals surface area (Å²) in [6.45, 7) is 3.62. The fraction of sp³-hybridized carbons (Fsp3) is 0.579. The number of hydrogen-bond acceptors (Lipinski definition) is 4. The number of nitrogens with zero attached hydrogens (tertiary/aromatic N) is 1. The van der Waals surface area contributed by atoms with E-state index in [4.69, 9.17) is 0 Å². The molecule has 24 heavy (non-hydrogen) atoms. The van der Waals surface area contributed by atoms with Crippen LogP contribution in [0.2, 0.25) is 0 Å². The number of rotatable bonds is 6. The lowest BCUT2D eigenvalue weighted by Gasteiger charge is -2.36. The van der Waals surface area contributed by atoms with Gasteiger partial charge in [-0.25, -0.2) is 0 Å². The molecule has 1 N–H and O–H groups in total. The van der Waals surface area contributed by atoms with E-state index in [2.05, 4.69) is 12.6 Å². The van der Waals surface area contributed by atoms with Crippen LogP contribution in [0.25, 0.3) is 0 Å². The molecule has 0 aliphatic carbocycles. The van der Waals surface area contributed by atoms with Gasteiger partial charge >= 0.3 is 0 Å². The Labute approximate surface area is 149 Å². The van der Waals surface area contributed by atoms with E-state index in [9.17, 15) is 14.7 Å². The maximum Gasteiger partial charge on any atom is 0.228 e. The summed E-state index contributed by atoms with van der Waals surface area (Å²) < 4.78 is 0. The summed E-state index contributed by atoms with van der Waals surface area (Å²) in [6.07, 6.45) is 3.17. The van der Waals surface area contributed by atoms with Gasteiger partial charge in [0.1, 0.15) is 12.5 Å². The second-order valence-corrected chi connectivity index (χ2v) is 7.81. The van der Waals surface area contributed by atoms with Gasteiger partial charge in [0.05, 0.1) is 5.25 Å². The van der Waals surface area contributed by atoms with E-state index in [1.54, 1.807) is 0 Å². The zero-order valence-corrected chi connectivity index (χ0v) is 15.3. The van der Waals surface area contributed by atoms with Crippen molar-refractivity contribution in [3.8, 4) is 0 Å². The quantitative estimate of drug-likeness (QED) is 0.777. The number of ketones is 1. The first kappa shape index (κ1) is 19.0. The Morgan fingerprint density at radius 3 is 2.67 bits per heavy atom. The number of aliphatic hydroxyl groups is 1. The van der Waals surface area contributed by atoms with Crippen molar-refractivity contribution in [2.24, 2.45) is 5.92 Å². The van der Waals surface area contributed by atoms with Gasteiger partial charge in [-0.15, -0.1) is 0 Å². The van der Waals surface area contributed by atoms with Gasteiger partial charge in [0.2, 0.25) is 5.91 Å². The normalized spacial score (nSPS) is 22.1. The molecular weight excluding hydrogens is 322 g/mol. The van der Waals surface area contributed by atoms with Gasteiger partial charge in [-0.05, 0) is 38.7 Å². The summed E-state index contributed by atoms with van der Waals surface area (Å²) in [5, 5.41) is 9.18. The van der Waals surface area contributed by atoms with Gasteiger partial charge in [-0.1, -0.05) is 36.8 Å². The first-order valence-corrected chi connectivity index (χ1v) is 9.04. The molecule has 0 bridgehead atoms. The van der Waals surface area contributed by atoms with Crippen LogP contribution >= 0.6 is 12.6 Å². The zero-order valence-electron chi connectivity index (χ0n) is 14.4. The van der Waals surface area contributed by atoms with E-state index >= 15 is 0 Å². The number of likely N-dealkylation sites (tertiary alicyclic amines) is 1. The number of aliphatic hydroxyl groups excluding tert-OH is 1. The minimum atomic E-state index is -0.404. The molecular formula is C19H27NO3S. The zero-order chi connectivity index (χ0) is 17.7. The van der Waals surface area contributed by atoms with E-state index in [-0.39, 0.29) is 36.3 Å². The van der Waals surface area contributed by atoms with Gasteiger partial charge in [0.15, 0.2) is 0 Å². The molecule has 4 nitrogen and oxygen atoms in total. The smallest absolute Gasteiger partial charge is 0.228 e. The highest BCUT2D eigenvalue weighted by Gasteiger charge is 2.38. The monoisotopic (exact) mass is 349 g/mol. The van der Waals surface area contributed by atoms with Crippen LogP contribution in [0.5, 0.6) is 0 Å². The Balaban J connectivity index is 2.00. The third-order valence-corrected chi connectivity index (χ3v) is 5.39. The van der Waals surface area contributed by atoms with Crippen LogP contribution < -0.4 is 0 Å². The number of carbonyl (C=O) groups excluding carboxylic acids is 2. The van der Waals surface area contributed by atoms with Gasteiger partial charge in [-0.3, -0.25) is 9.59 Å². The topological polar surface area (TPSA) is 57.6 Å². The minimum absolute atomic E-state index is 0.00173. The largest absolute Gasteiger partial charge is 0.376 e. The molecule has 0 spiro atoms. The van der Waals surface area contributed by atoms with Crippen LogP contribution in [0.4, 0.5) is 0 Å². The molecule has 2 atom stereocenters. The Morgan fingerprint density at radius 1 is 1.38 bits per heavy atom. The molecule has 132 valence electrons. The fourth-order valence-electron chi connectivity index (χ4n) is 3.34. The molecule has 1 unspecified atom stereocenters. The SMILES string of the molecule is CC1(C)CCC[C@H](CC(=O)C(S)Cc2ccccc2)C(=O)N1CO. The number of Topliss-reactive ketones (excluding diaryl/α,β-unsaturated/α-hetero) is 1. The Kier molecular flexibility index (Phi) is 6.47. The second-order valence-electron chi connectivity index (χ2n) is 7.19. The molecule has 0 saturated carbocycles. The summed E-state index contributed by atoms with van der Waals surface area (Å²) in [4.78, 5) is 26.7. The summed E-state index contributed by atoms with van der Waals surface area (Å²) in [5.74, 6) is -0.469. The predicted molar refractivity (Wildman–Crippen MR) is 97.9 cm³/mol. The fourth-order valence-corrected chi connectivity index (χ4v) is 3.65. The molecule has 2 rings (SSSR count). The lowest BCUT2D eigenvalue weighted by atomic mass is 9.93. The Bertz CT molecular complexity index is 573. The maximum atomic E-state index is 12.7. The molecule has 1 aliphatic rings. The predicted octanol–water partition coefficient (Wildman–Crippen LogP) is 2.84. The summed E-state index contributed by atoms with van der Waals surface area (Å²) in [7, 11) is 0. The standard InChI is InChI=1S/C19H27NO3S/c1-19(2)10-6-9-15(18(23)20(19)13-21)12-16(22)17(24)11-14-7-4-3-5-8-14/h3-5,7-8,15,17,21,24H,6,9-13H2,1-2H3/t15-,17?/m1/s1. The van der Waals surface area contributed by atoms with Crippen LogP contribution in [0.3, 0.4) is 0 Å². The molecule has 1 heterocycles. The number of thiol groups is 1. The maximum absolute atomic E-state index is 12.7. The Morgan fingerprint density at radius 2 is 2.04 bits per heavy atom. The van der Waals surface area contributed by atoms with E-state index in [1.165, 1.54) is 4.90 Å². The molecule has 0 aromatic heterocycles. The van der Waals surface area contributed by atoms with E-state index in [1.807, 2.05) is 44.2 Å². The number of benzene rings is 1. The van der Waals surface area contributed by atoms with Crippen molar-refractivity contribution in [2.45, 2.75) is 56.7 Å². The van der Waals surface area contributed by atoms with Gasteiger partial charge in [0, 0.05) is 17.9 Å². The van der Waals surface area contributed by atoms with Gasteiger partial charge in [0.25, 0.3) is 0 Å². The molecule has 1 aliphatic heterocycles. The third kappa shape index (κ3) is 4.61. The van der Waals surface area contributed by atoms with Crippen molar-refractivity contribution < 1.29 is 14.7 Å². The average Bonchev–Trinajstić information content (AvgIpc) is 2.64. The van der Waals surface area contributed by atoms with Crippen molar-refractivity contribution >= 4 is 24.3 Å². The molecule has 1 aromatic rings. The molecule has 5 heteroatoms. The van der Waals surface area contributed by atoms with Crippen LogP contribution in [0, 0.1) is 5.92 Å². The molecule has 1 fully saturated rings. The average molecular weight is 349 g/mol. The lowest BCUT2D eigenvalue weighted by molar-refractivity contribution is -0.146. The van der Waals surface area contributed by atoms with Crippen LogP contribution in [0.15, 0.2) is 30.3 Å². The first-order valence-electron chi connectivity index (χ1n) is 8.52. The van der Waals surface area contributed by atoms with E-state index in [0.717, 1.165) is 18.4 Å². The Hall–Kier alpha value is -1.33. The highest BCUT2D eigenvalue weighted by atomic mass is 32.1. The summed E-state index contributed by atoms with van der Waals surface area (Å²) >= 11 is 4.45. The van der Waals surface area contributed by atoms with Gasteiger partial charge < -0.3 is 10.0 Å². The first-order chi connectivity index (χ1) is 11.3. The second kappa shape index (κ2) is 8.17. The van der Waals surface area contributed by atoms with E-state index < -0.39 is 5.25 Å². The number of carbonyl (C=O) groups is 2. The van der Waals surface area contributed by atoms with Crippen molar-refractivity contribution in [3.63, 3.8) is 0 Å². The number of amides is 1. The minimum Gasteiger partial charge on any atom is -0.376 e. The third-order valence-electron chi connectivity index (χ3n) is 4.92. The summed E-state index contributed by atoms with van der Waals surface area (Å²) in [6, 6.07) is 9.77. The highest BCUT2D eigenvalue weighted by molar-refractivity contribution is 7.81. The summed E-state index contributed by atoms with van der Waals surface area (Å²) in [5.41, 5.74) is 0.699. The van der Waals surface area contributed by atoms with Crippen LogP contribution in [-0.2, 0) is 16.0 Å². The molecule has 1 saturated heterocycles.